The molecule has 1 aliphatic rings. The second kappa shape index (κ2) is 6.93. The van der Waals surface area contributed by atoms with E-state index in [1.54, 1.807) is 6.07 Å². The molecule has 2 N–H and O–H groups in total. The maximum Gasteiger partial charge on any atom is 0.277 e. The van der Waals surface area contributed by atoms with Crippen molar-refractivity contribution < 1.29 is 19.0 Å². The molecule has 2 aromatic carbocycles. The van der Waals surface area contributed by atoms with E-state index in [4.69, 9.17) is 4.74 Å². The quantitative estimate of drug-likeness (QED) is 0.838. The van der Waals surface area contributed by atoms with Gasteiger partial charge in [0.25, 0.3) is 5.91 Å². The number of hydrogen-bond donors (Lipinski definition) is 2. The van der Waals surface area contributed by atoms with Gasteiger partial charge in [-0.15, -0.1) is 0 Å². The van der Waals surface area contributed by atoms with Crippen LogP contribution < -0.4 is 10.2 Å². The first-order valence-electron chi connectivity index (χ1n) is 8.02. The number of aromatic hydroxyl groups is 1. The molecule has 0 unspecified atom stereocenters. The van der Waals surface area contributed by atoms with Crippen molar-refractivity contribution in [3.63, 3.8) is 0 Å². The molecule has 25 heavy (non-hydrogen) atoms. The van der Waals surface area contributed by atoms with Gasteiger partial charge in [0.1, 0.15) is 17.3 Å². The van der Waals surface area contributed by atoms with Crippen LogP contribution >= 0.6 is 0 Å². The van der Waals surface area contributed by atoms with Crippen LogP contribution in [0.4, 0.5) is 4.39 Å². The minimum Gasteiger partial charge on any atom is -0.507 e. The van der Waals surface area contributed by atoms with Crippen LogP contribution in [0.2, 0.25) is 0 Å². The number of nitrogens with one attached hydrogen (secondary N) is 1. The van der Waals surface area contributed by atoms with E-state index in [0.717, 1.165) is 5.56 Å². The summed E-state index contributed by atoms with van der Waals surface area (Å²) in [4.78, 5) is 11.9. The molecule has 1 amide bonds. The van der Waals surface area contributed by atoms with Crippen LogP contribution in [0, 0.1) is 12.7 Å². The Morgan fingerprint density at radius 2 is 2.20 bits per heavy atom. The standard InChI is InChI=1S/C19H19FN2O3/c1-11-4-3-5-13(8-11)25-10-17(24)22-21-15-9-12(2)18-14(20)6-7-16(23)19(15)18/h3-8,12,23H,9-10H2,1-2H3,(H,22,24)/b21-15+/t12-/m0/s1. The molecule has 6 heteroatoms. The molecule has 0 bridgehead atoms. The predicted molar refractivity (Wildman–Crippen MR) is 92.5 cm³/mol. The molecule has 0 saturated carbocycles. The van der Waals surface area contributed by atoms with Gasteiger partial charge in [-0.2, -0.15) is 5.10 Å². The maximum absolute atomic E-state index is 14.0. The number of fused-ring (bicyclic) bond motifs is 1. The number of nitrogens with zero attached hydrogens (tertiary/aromatic N) is 1. The Morgan fingerprint density at radius 1 is 1.40 bits per heavy atom. The van der Waals surface area contributed by atoms with Crippen molar-refractivity contribution in [3.05, 3.63) is 58.9 Å². The molecule has 0 spiro atoms. The number of benzene rings is 2. The molecule has 0 aromatic heterocycles. The van der Waals surface area contributed by atoms with Gasteiger partial charge in [0, 0.05) is 11.1 Å². The molecule has 5 nitrogen and oxygen atoms in total. The molecule has 0 saturated heterocycles. The second-order valence-electron chi connectivity index (χ2n) is 6.16. The van der Waals surface area contributed by atoms with E-state index in [-0.39, 0.29) is 24.1 Å². The lowest BCUT2D eigenvalue weighted by molar-refractivity contribution is -0.123. The lowest BCUT2D eigenvalue weighted by Crippen LogP contribution is -2.25. The van der Waals surface area contributed by atoms with Crippen LogP contribution in [-0.2, 0) is 4.79 Å². The largest absolute Gasteiger partial charge is 0.507 e. The third-order valence-corrected chi connectivity index (χ3v) is 4.13. The van der Waals surface area contributed by atoms with Gasteiger partial charge in [-0.3, -0.25) is 4.79 Å². The van der Waals surface area contributed by atoms with Crippen LogP contribution in [0.3, 0.4) is 0 Å². The van der Waals surface area contributed by atoms with E-state index < -0.39 is 5.91 Å². The number of carbonyl (C=O) groups excluding carboxylic acids is 1. The van der Waals surface area contributed by atoms with Gasteiger partial charge in [0.05, 0.1) is 5.71 Å². The van der Waals surface area contributed by atoms with Gasteiger partial charge >= 0.3 is 0 Å². The Balaban J connectivity index is 1.67. The lowest BCUT2D eigenvalue weighted by Gasteiger charge is -2.07. The Kier molecular flexibility index (Phi) is 4.70. The summed E-state index contributed by atoms with van der Waals surface area (Å²) < 4.78 is 19.4. The van der Waals surface area contributed by atoms with Crippen molar-refractivity contribution in [3.8, 4) is 11.5 Å². The fraction of sp³-hybridized carbons (Fsp3) is 0.263. The summed E-state index contributed by atoms with van der Waals surface area (Å²) >= 11 is 0. The zero-order chi connectivity index (χ0) is 18.0. The van der Waals surface area contributed by atoms with E-state index in [1.807, 2.05) is 32.0 Å². The molecular formula is C19H19FN2O3. The number of rotatable bonds is 4. The molecule has 130 valence electrons. The average Bonchev–Trinajstić information content (AvgIpc) is 2.92. The minimum absolute atomic E-state index is 0.0373. The molecule has 3 rings (SSSR count). The summed E-state index contributed by atoms with van der Waals surface area (Å²) in [5, 5.41) is 14.1. The predicted octanol–water partition coefficient (Wildman–Crippen LogP) is 3.25. The van der Waals surface area contributed by atoms with Gasteiger partial charge in [-0.25, -0.2) is 9.82 Å². The Labute approximate surface area is 145 Å². The van der Waals surface area contributed by atoms with Gasteiger partial charge in [0.15, 0.2) is 6.61 Å². The summed E-state index contributed by atoms with van der Waals surface area (Å²) in [6, 6.07) is 9.91. The van der Waals surface area contributed by atoms with Crippen LogP contribution in [0.5, 0.6) is 11.5 Å². The lowest BCUT2D eigenvalue weighted by atomic mass is 10.0. The number of phenolic OH excluding ortho intramolecular Hbond substituents is 1. The number of ether oxygens (including phenoxy) is 1. The summed E-state index contributed by atoms with van der Waals surface area (Å²) in [6.07, 6.45) is 0.447. The van der Waals surface area contributed by atoms with Crippen LogP contribution in [0.15, 0.2) is 41.5 Å². The van der Waals surface area contributed by atoms with Crippen LogP contribution in [0.25, 0.3) is 0 Å². The fourth-order valence-electron chi connectivity index (χ4n) is 2.98. The Bertz CT molecular complexity index is 849. The molecule has 1 aliphatic carbocycles. The van der Waals surface area contributed by atoms with Crippen molar-refractivity contribution in [2.75, 3.05) is 6.61 Å². The molecule has 0 heterocycles. The van der Waals surface area contributed by atoms with Crippen molar-refractivity contribution in [2.45, 2.75) is 26.2 Å². The van der Waals surface area contributed by atoms with Gasteiger partial charge in [0.2, 0.25) is 0 Å². The highest BCUT2D eigenvalue weighted by atomic mass is 19.1. The first-order valence-corrected chi connectivity index (χ1v) is 8.02. The number of hydrazone groups is 1. The number of hydrogen-bond acceptors (Lipinski definition) is 4. The zero-order valence-corrected chi connectivity index (χ0v) is 14.0. The van der Waals surface area contributed by atoms with Crippen LogP contribution in [-0.4, -0.2) is 23.3 Å². The van der Waals surface area contributed by atoms with E-state index in [9.17, 15) is 14.3 Å². The Hall–Kier alpha value is -2.89. The summed E-state index contributed by atoms with van der Waals surface area (Å²) in [5.74, 6) is -0.348. The smallest absolute Gasteiger partial charge is 0.277 e. The van der Waals surface area contributed by atoms with Crippen LogP contribution in [0.1, 0.15) is 36.0 Å². The number of phenols is 1. The highest BCUT2D eigenvalue weighted by molar-refractivity contribution is 6.07. The second-order valence-corrected chi connectivity index (χ2v) is 6.16. The van der Waals surface area contributed by atoms with Crippen molar-refractivity contribution >= 4 is 11.6 Å². The molecule has 0 aliphatic heterocycles. The minimum atomic E-state index is -0.425. The van der Waals surface area contributed by atoms with Gasteiger partial charge < -0.3 is 9.84 Å². The van der Waals surface area contributed by atoms with Crippen molar-refractivity contribution in [2.24, 2.45) is 5.10 Å². The Morgan fingerprint density at radius 3 is 2.96 bits per heavy atom. The first-order chi connectivity index (χ1) is 12.0. The number of amides is 1. The molecular weight excluding hydrogens is 323 g/mol. The van der Waals surface area contributed by atoms with E-state index in [2.05, 4.69) is 10.5 Å². The average molecular weight is 342 g/mol. The molecule has 0 fully saturated rings. The first kappa shape index (κ1) is 17.0. The van der Waals surface area contributed by atoms with Crippen molar-refractivity contribution in [1.29, 1.82) is 0 Å². The topological polar surface area (TPSA) is 70.9 Å². The number of halogens is 1. The number of carbonyl (C=O) groups is 1. The van der Waals surface area contributed by atoms with Gasteiger partial charge in [-0.05, 0) is 49.1 Å². The molecule has 2 aromatic rings. The van der Waals surface area contributed by atoms with Gasteiger partial charge in [-0.1, -0.05) is 19.1 Å². The third-order valence-electron chi connectivity index (χ3n) is 4.13. The molecule has 1 atom stereocenters. The number of aryl methyl sites for hydroxylation is 1. The summed E-state index contributed by atoms with van der Waals surface area (Å²) in [6.45, 7) is 3.60. The SMILES string of the molecule is Cc1cccc(OCC(=O)N/N=C2\C[C@H](C)c3c(F)ccc(O)c32)c1. The summed E-state index contributed by atoms with van der Waals surface area (Å²) in [7, 11) is 0. The monoisotopic (exact) mass is 342 g/mol. The van der Waals surface area contributed by atoms with E-state index in [1.165, 1.54) is 12.1 Å². The zero-order valence-electron chi connectivity index (χ0n) is 14.0. The highest BCUT2D eigenvalue weighted by Crippen LogP contribution is 2.39. The fourth-order valence-corrected chi connectivity index (χ4v) is 2.98. The van der Waals surface area contributed by atoms with Crippen molar-refractivity contribution in [1.82, 2.24) is 5.43 Å². The highest BCUT2D eigenvalue weighted by Gasteiger charge is 2.30. The maximum atomic E-state index is 14.0. The van der Waals surface area contributed by atoms with E-state index >= 15 is 0 Å². The normalized spacial score (nSPS) is 17.4. The third kappa shape index (κ3) is 3.63. The molecule has 0 radical (unpaired) electrons. The van der Waals surface area contributed by atoms with E-state index in [0.29, 0.717) is 29.0 Å². The summed E-state index contributed by atoms with van der Waals surface area (Å²) in [5.41, 5.74) is 4.71.